The zero-order chi connectivity index (χ0) is 36.3. The molecule has 0 saturated carbocycles. The largest absolute Gasteiger partial charge is 0.465 e. The summed E-state index contributed by atoms with van der Waals surface area (Å²) in [7, 11) is 0. The van der Waals surface area contributed by atoms with Crippen molar-refractivity contribution in [2.45, 2.75) is 188 Å². The third-order valence-electron chi connectivity index (χ3n) is 11.5. The Morgan fingerprint density at radius 1 is 0.432 bits per heavy atom. The first-order valence-corrected chi connectivity index (χ1v) is 17.2. The first-order valence-electron chi connectivity index (χ1n) is 16.8. The Kier molecular flexibility index (Phi) is 9.53. The van der Waals surface area contributed by atoms with Crippen LogP contribution in [0.5, 0.6) is 0 Å². The number of carboxylic acid groups (broad SMARTS) is 1. The molecule has 0 radical (unpaired) electrons. The number of rotatable bonds is 0. The molecule has 1 heterocycles. The molecule has 0 atom stereocenters. The lowest BCUT2D eigenvalue weighted by Gasteiger charge is -2.91. The van der Waals surface area contributed by atoms with Gasteiger partial charge in [0.1, 0.15) is 0 Å². The van der Waals surface area contributed by atoms with Gasteiger partial charge in [-0.3, -0.25) is 4.90 Å². The number of carbonyl (C=O) groups is 1. The second-order valence-electron chi connectivity index (χ2n) is 22.1. The van der Waals surface area contributed by atoms with Crippen LogP contribution in [0, 0.1) is 43.3 Å². The van der Waals surface area contributed by atoms with Crippen LogP contribution >= 0.6 is 12.2 Å². The summed E-state index contributed by atoms with van der Waals surface area (Å²) in [4.78, 5) is 19.5. The summed E-state index contributed by atoms with van der Waals surface area (Å²) in [6, 6.07) is 0. The minimum Gasteiger partial charge on any atom is -0.465 e. The van der Waals surface area contributed by atoms with Crippen molar-refractivity contribution in [1.82, 2.24) is 9.80 Å². The van der Waals surface area contributed by atoms with Crippen LogP contribution in [0.1, 0.15) is 166 Å². The van der Waals surface area contributed by atoms with Gasteiger partial charge in [0.15, 0.2) is 5.11 Å². The highest BCUT2D eigenvalue weighted by Gasteiger charge is 2.91. The van der Waals surface area contributed by atoms with Crippen molar-refractivity contribution < 1.29 is 9.90 Å². The number of hydrogen-bond acceptors (Lipinski definition) is 2. The molecule has 1 saturated heterocycles. The zero-order valence-corrected chi connectivity index (χ0v) is 34.6. The van der Waals surface area contributed by atoms with E-state index < -0.39 is 71.6 Å². The normalized spacial score (nSPS) is 21.7. The minimum absolute atomic E-state index is 0.334. The van der Waals surface area contributed by atoms with Crippen molar-refractivity contribution in [3.05, 3.63) is 0 Å². The van der Waals surface area contributed by atoms with E-state index in [2.05, 4.69) is 176 Å². The van der Waals surface area contributed by atoms with Gasteiger partial charge in [-0.05, 0) is 55.5 Å². The number of nitrogens with zero attached hydrogens (tertiary/aromatic N) is 2. The van der Waals surface area contributed by atoms with E-state index >= 15 is 0 Å². The maximum Gasteiger partial charge on any atom is 0.408 e. The van der Waals surface area contributed by atoms with E-state index in [1.54, 1.807) is 0 Å². The number of nitrogens with two attached hydrogens (primary N) is 1. The topological polar surface area (TPSA) is 69.8 Å². The van der Waals surface area contributed by atoms with Gasteiger partial charge in [-0.25, -0.2) is 4.79 Å². The number of piperazine rings is 1. The summed E-state index contributed by atoms with van der Waals surface area (Å²) in [6.45, 7) is 54.4. The highest BCUT2D eigenvalue weighted by molar-refractivity contribution is 7.80. The van der Waals surface area contributed by atoms with Crippen molar-refractivity contribution in [2.24, 2.45) is 49.1 Å². The van der Waals surface area contributed by atoms with Crippen molar-refractivity contribution in [3.63, 3.8) is 0 Å². The van der Waals surface area contributed by atoms with Gasteiger partial charge in [0.05, 0.1) is 22.2 Å². The van der Waals surface area contributed by atoms with Crippen molar-refractivity contribution in [2.75, 3.05) is 0 Å². The van der Waals surface area contributed by atoms with Gasteiger partial charge >= 0.3 is 6.09 Å². The molecule has 44 heavy (non-hydrogen) atoms. The predicted molar refractivity (Wildman–Crippen MR) is 195 cm³/mol. The van der Waals surface area contributed by atoms with Crippen LogP contribution in [0.4, 0.5) is 4.79 Å². The summed E-state index contributed by atoms with van der Waals surface area (Å²) < 4.78 is 0. The maximum atomic E-state index is 15.0. The summed E-state index contributed by atoms with van der Waals surface area (Å²) in [5, 5.41) is 12.6. The van der Waals surface area contributed by atoms with E-state index in [-0.39, 0.29) is 0 Å². The van der Waals surface area contributed by atoms with Gasteiger partial charge in [-0.1, -0.05) is 166 Å². The minimum atomic E-state index is -1.04. The van der Waals surface area contributed by atoms with Gasteiger partial charge < -0.3 is 15.7 Å². The highest BCUT2D eigenvalue weighted by Crippen LogP contribution is 2.79. The first-order chi connectivity index (χ1) is 18.6. The molecule has 260 valence electrons. The fraction of sp³-hybridized carbons (Fsp3) is 0.947. The van der Waals surface area contributed by atoms with E-state index in [0.29, 0.717) is 5.11 Å². The van der Waals surface area contributed by atoms with Crippen molar-refractivity contribution >= 4 is 23.4 Å². The smallest absolute Gasteiger partial charge is 0.408 e. The van der Waals surface area contributed by atoms with Gasteiger partial charge in [0, 0.05) is 0 Å². The summed E-state index contributed by atoms with van der Waals surface area (Å²) in [5.41, 5.74) is -1.03. The summed E-state index contributed by atoms with van der Waals surface area (Å²) in [6.07, 6.45) is -0.891. The van der Waals surface area contributed by atoms with Crippen molar-refractivity contribution in [1.29, 1.82) is 0 Å². The van der Waals surface area contributed by atoms with Crippen LogP contribution in [0.25, 0.3) is 0 Å². The van der Waals surface area contributed by atoms with Gasteiger partial charge in [-0.15, -0.1) is 0 Å². The number of amides is 1. The van der Waals surface area contributed by atoms with Crippen molar-refractivity contribution in [3.8, 4) is 0 Å². The predicted octanol–water partition coefficient (Wildman–Crippen LogP) is 10.8. The summed E-state index contributed by atoms with van der Waals surface area (Å²) in [5.74, 6) is 0. The molecule has 1 amide bonds. The highest BCUT2D eigenvalue weighted by atomic mass is 32.1. The van der Waals surface area contributed by atoms with E-state index in [1.807, 2.05) is 0 Å². The van der Waals surface area contributed by atoms with E-state index in [1.165, 1.54) is 0 Å². The Bertz CT molecular complexity index is 888. The van der Waals surface area contributed by atoms with Gasteiger partial charge in [0.25, 0.3) is 0 Å². The lowest BCUT2D eigenvalue weighted by Crippen LogP contribution is -3.04. The molecule has 0 aromatic rings. The maximum absolute atomic E-state index is 15.0. The molecule has 1 rings (SSSR count). The fourth-order valence-corrected chi connectivity index (χ4v) is 13.6. The average Bonchev–Trinajstić information content (AvgIpc) is 2.63. The van der Waals surface area contributed by atoms with Crippen LogP contribution in [0.2, 0.25) is 0 Å². The van der Waals surface area contributed by atoms with Crippen LogP contribution in [0.3, 0.4) is 0 Å². The van der Waals surface area contributed by atoms with Gasteiger partial charge in [-0.2, -0.15) is 0 Å². The lowest BCUT2D eigenvalue weighted by atomic mass is 9.30. The monoisotopic (exact) mass is 638 g/mol. The molecule has 1 aliphatic heterocycles. The zero-order valence-electron chi connectivity index (χ0n) is 33.7. The molecule has 1 fully saturated rings. The molecule has 0 aromatic carbocycles. The van der Waals surface area contributed by atoms with Crippen LogP contribution in [-0.4, -0.2) is 48.3 Å². The van der Waals surface area contributed by atoms with Crippen LogP contribution in [0.15, 0.2) is 0 Å². The standard InChI is InChI=1S/C38H75N3O2S/c1-27(2,3)35(28(4,5)6)37(31(13,14)15,32(16,17)18)41(26(42)43)38(33(19,20)21,34(22,23)24)36(29(7,8)9,30(10,11)12)40(35)25(39)44/h1-24H3,(H2,39,44)(H,42,43). The molecular formula is C38H75N3O2S. The Hall–Kier alpha value is -1.04. The van der Waals surface area contributed by atoms with Crippen LogP contribution in [-0.2, 0) is 0 Å². The number of hydrogen-bond donors (Lipinski definition) is 2. The molecule has 0 aliphatic carbocycles. The van der Waals surface area contributed by atoms with E-state index in [0.717, 1.165) is 0 Å². The average molecular weight is 638 g/mol. The quantitative estimate of drug-likeness (QED) is 0.259. The number of thiocarbonyl (C=S) groups is 1. The fourth-order valence-electron chi connectivity index (χ4n) is 13.3. The molecular weight excluding hydrogens is 563 g/mol. The van der Waals surface area contributed by atoms with Gasteiger partial charge in [0.2, 0.25) is 0 Å². The summed E-state index contributed by atoms with van der Waals surface area (Å²) >= 11 is 6.43. The third-order valence-corrected chi connectivity index (χ3v) is 11.7. The first kappa shape index (κ1) is 41.0. The van der Waals surface area contributed by atoms with E-state index in [4.69, 9.17) is 18.0 Å². The molecule has 3 N–H and O–H groups in total. The lowest BCUT2D eigenvalue weighted by molar-refractivity contribution is -0.388. The molecule has 1 aliphatic rings. The SMILES string of the molecule is CC(C)(C)C1(C(C)(C)C)N(C(=O)O)C(C(C)(C)C)(C(C)(C)C)C(C(C)(C)C)(C(C)(C)C)N(C(N)=S)C1(C(C)(C)C)C(C)(C)C. The molecule has 0 bridgehead atoms. The molecule has 6 heteroatoms. The Labute approximate surface area is 279 Å². The second kappa shape index (κ2) is 10.2. The Balaban J connectivity index is 5.80. The Morgan fingerprint density at radius 3 is 0.659 bits per heavy atom. The molecule has 0 unspecified atom stereocenters. The second-order valence-corrected chi connectivity index (χ2v) is 22.6. The van der Waals surface area contributed by atoms with E-state index in [9.17, 15) is 9.90 Å². The molecule has 0 aromatic heterocycles. The molecule has 5 nitrogen and oxygen atoms in total. The Morgan fingerprint density at radius 2 is 0.568 bits per heavy atom. The third kappa shape index (κ3) is 4.47. The molecule has 0 spiro atoms. The van der Waals surface area contributed by atoms with Crippen LogP contribution < -0.4 is 5.73 Å².